The second kappa shape index (κ2) is 6.31. The van der Waals surface area contributed by atoms with E-state index >= 15 is 0 Å². The van der Waals surface area contributed by atoms with Gasteiger partial charge in [0.05, 0.1) is 13.2 Å². The van der Waals surface area contributed by atoms with Crippen LogP contribution in [0.2, 0.25) is 0 Å². The summed E-state index contributed by atoms with van der Waals surface area (Å²) in [5, 5.41) is 7.67. The highest BCUT2D eigenvalue weighted by molar-refractivity contribution is 5.80. The lowest BCUT2D eigenvalue weighted by molar-refractivity contribution is -0.138. The van der Waals surface area contributed by atoms with E-state index in [1.54, 1.807) is 0 Å². The van der Waals surface area contributed by atoms with Gasteiger partial charge in [-0.2, -0.15) is 0 Å². The number of nitrogens with zero attached hydrogens (tertiary/aromatic N) is 2. The lowest BCUT2D eigenvalue weighted by atomic mass is 9.51. The largest absolute Gasteiger partial charge is 0.376 e. The number of aromatic nitrogens is 1. The number of rotatable bonds is 4. The summed E-state index contributed by atoms with van der Waals surface area (Å²) in [6, 6.07) is 0.196. The van der Waals surface area contributed by atoms with E-state index in [1.807, 2.05) is 0 Å². The molecule has 1 atom stereocenters. The quantitative estimate of drug-likeness (QED) is 0.879. The highest BCUT2D eigenvalue weighted by Crippen LogP contribution is 2.58. The molecule has 2 aliphatic heterocycles. The monoisotopic (exact) mass is 373 g/mol. The maximum absolute atomic E-state index is 12.7. The summed E-state index contributed by atoms with van der Waals surface area (Å²) in [4.78, 5) is 15.1. The van der Waals surface area contributed by atoms with Crippen molar-refractivity contribution in [3.05, 3.63) is 17.0 Å². The first-order valence-corrected chi connectivity index (χ1v) is 10.5. The molecule has 1 spiro atoms. The van der Waals surface area contributed by atoms with Crippen LogP contribution in [0.5, 0.6) is 0 Å². The van der Waals surface area contributed by atoms with Crippen molar-refractivity contribution in [3.63, 3.8) is 0 Å². The Morgan fingerprint density at radius 3 is 2.89 bits per heavy atom. The summed E-state index contributed by atoms with van der Waals surface area (Å²) in [5.41, 5.74) is 2.74. The minimum Gasteiger partial charge on any atom is -0.376 e. The Morgan fingerprint density at radius 2 is 2.15 bits per heavy atom. The molecule has 1 aromatic rings. The summed E-state index contributed by atoms with van der Waals surface area (Å²) in [5.74, 6) is 1.50. The predicted molar refractivity (Wildman–Crippen MR) is 99.9 cm³/mol. The number of amides is 1. The van der Waals surface area contributed by atoms with E-state index in [-0.39, 0.29) is 23.3 Å². The van der Waals surface area contributed by atoms with Crippen molar-refractivity contribution in [2.45, 2.75) is 71.6 Å². The lowest BCUT2D eigenvalue weighted by Gasteiger charge is -2.53. The van der Waals surface area contributed by atoms with Crippen LogP contribution in [-0.2, 0) is 29.1 Å². The van der Waals surface area contributed by atoms with Gasteiger partial charge in [-0.1, -0.05) is 25.4 Å². The van der Waals surface area contributed by atoms with E-state index in [0.29, 0.717) is 12.0 Å². The molecule has 27 heavy (non-hydrogen) atoms. The highest BCUT2D eigenvalue weighted by atomic mass is 16.5. The van der Waals surface area contributed by atoms with Gasteiger partial charge in [0.2, 0.25) is 5.91 Å². The van der Waals surface area contributed by atoms with Crippen LogP contribution in [0.1, 0.15) is 63.0 Å². The Hall–Kier alpha value is -1.40. The van der Waals surface area contributed by atoms with Gasteiger partial charge in [-0.05, 0) is 36.5 Å². The molecule has 6 heteroatoms. The molecule has 2 aliphatic carbocycles. The van der Waals surface area contributed by atoms with E-state index in [2.05, 4.69) is 29.2 Å². The van der Waals surface area contributed by atoms with Gasteiger partial charge in [-0.15, -0.1) is 0 Å². The molecule has 1 aromatic heterocycles. The smallest absolute Gasteiger partial charge is 0.223 e. The summed E-state index contributed by atoms with van der Waals surface area (Å²) in [7, 11) is 0. The fourth-order valence-corrected chi connectivity index (χ4v) is 5.58. The molecule has 3 heterocycles. The number of carbonyl (C=O) groups excluding carboxylic acids is 1. The Balaban J connectivity index is 1.19. The van der Waals surface area contributed by atoms with Crippen molar-refractivity contribution in [1.29, 1.82) is 0 Å². The summed E-state index contributed by atoms with van der Waals surface area (Å²) in [6.07, 6.45) is 7.07. The van der Waals surface area contributed by atoms with E-state index in [9.17, 15) is 4.79 Å². The Labute approximate surface area is 161 Å². The molecule has 0 bridgehead atoms. The third-order valence-corrected chi connectivity index (χ3v) is 7.52. The average Bonchev–Trinajstić information content (AvgIpc) is 3.06. The molecule has 1 unspecified atom stereocenters. The molecule has 2 saturated carbocycles. The van der Waals surface area contributed by atoms with Crippen LogP contribution in [0.3, 0.4) is 0 Å². The zero-order valence-electron chi connectivity index (χ0n) is 16.6. The normalized spacial score (nSPS) is 29.2. The minimum atomic E-state index is 0.0634. The molecule has 1 N–H and O–H groups in total. The van der Waals surface area contributed by atoms with Gasteiger partial charge >= 0.3 is 0 Å². The fraction of sp³-hybridized carbons (Fsp3) is 0.810. The highest BCUT2D eigenvalue weighted by Gasteiger charge is 2.51. The van der Waals surface area contributed by atoms with Gasteiger partial charge in [0.1, 0.15) is 11.5 Å². The van der Waals surface area contributed by atoms with E-state index in [4.69, 9.17) is 9.26 Å². The third kappa shape index (κ3) is 3.11. The number of nitrogens with one attached hydrogen (secondary N) is 1. The van der Waals surface area contributed by atoms with Crippen LogP contribution in [0.25, 0.3) is 0 Å². The number of fused-ring (bicyclic) bond motifs is 1. The lowest BCUT2D eigenvalue weighted by Crippen LogP contribution is -2.53. The van der Waals surface area contributed by atoms with Crippen LogP contribution in [0.4, 0.5) is 0 Å². The van der Waals surface area contributed by atoms with Crippen LogP contribution < -0.4 is 5.32 Å². The molecule has 6 nitrogen and oxygen atoms in total. The summed E-state index contributed by atoms with van der Waals surface area (Å²) >= 11 is 0. The number of hydrogen-bond donors (Lipinski definition) is 1. The van der Waals surface area contributed by atoms with Crippen molar-refractivity contribution < 1.29 is 14.1 Å². The molecule has 148 valence electrons. The predicted octanol–water partition coefficient (Wildman–Crippen LogP) is 2.65. The van der Waals surface area contributed by atoms with Gasteiger partial charge < -0.3 is 14.6 Å². The Bertz CT molecular complexity index is 729. The van der Waals surface area contributed by atoms with Crippen molar-refractivity contribution in [2.75, 3.05) is 19.7 Å². The van der Waals surface area contributed by atoms with E-state index in [1.165, 1.54) is 19.3 Å². The topological polar surface area (TPSA) is 67.6 Å². The van der Waals surface area contributed by atoms with Gasteiger partial charge in [0, 0.05) is 43.6 Å². The molecule has 3 fully saturated rings. The zero-order chi connectivity index (χ0) is 18.6. The summed E-state index contributed by atoms with van der Waals surface area (Å²) < 4.78 is 11.1. The van der Waals surface area contributed by atoms with Gasteiger partial charge in [0.15, 0.2) is 0 Å². The molecule has 0 aromatic carbocycles. The Morgan fingerprint density at radius 1 is 1.33 bits per heavy atom. The van der Waals surface area contributed by atoms with Crippen molar-refractivity contribution >= 4 is 5.91 Å². The molecule has 1 saturated heterocycles. The SMILES string of the molecule is CC1(C)CN(Cc2noc3c2COCC3)CC1NC(=O)C1CC2(CCC2)C1. The first-order valence-electron chi connectivity index (χ1n) is 10.5. The van der Waals surface area contributed by atoms with Crippen LogP contribution in [-0.4, -0.2) is 41.7 Å². The third-order valence-electron chi connectivity index (χ3n) is 7.52. The zero-order valence-corrected chi connectivity index (χ0v) is 16.6. The second-order valence-corrected chi connectivity index (χ2v) is 10.0. The van der Waals surface area contributed by atoms with Crippen molar-refractivity contribution in [3.8, 4) is 0 Å². The average molecular weight is 373 g/mol. The minimum absolute atomic E-state index is 0.0634. The van der Waals surface area contributed by atoms with Gasteiger partial charge in [-0.3, -0.25) is 9.69 Å². The van der Waals surface area contributed by atoms with Gasteiger partial charge in [0.25, 0.3) is 0 Å². The molecule has 1 amide bonds. The standard InChI is InChI=1S/C21H31N3O3/c1-20(2)13-24(10-16-15-12-26-7-4-17(15)27-23-16)11-18(20)22-19(25)14-8-21(9-14)5-3-6-21/h14,18H,3-13H2,1-2H3,(H,22,25). The number of carbonyl (C=O) groups is 1. The van der Waals surface area contributed by atoms with E-state index < -0.39 is 0 Å². The first-order chi connectivity index (χ1) is 12.9. The van der Waals surface area contributed by atoms with Crippen LogP contribution in [0, 0.1) is 16.7 Å². The maximum Gasteiger partial charge on any atom is 0.223 e. The number of likely N-dealkylation sites (tertiary alicyclic amines) is 1. The van der Waals surface area contributed by atoms with Crippen molar-refractivity contribution in [2.24, 2.45) is 16.7 Å². The fourth-order valence-electron chi connectivity index (χ4n) is 5.58. The maximum atomic E-state index is 12.7. The molecule has 0 radical (unpaired) electrons. The van der Waals surface area contributed by atoms with Crippen LogP contribution >= 0.6 is 0 Å². The summed E-state index contributed by atoms with van der Waals surface area (Å²) in [6.45, 7) is 8.43. The number of ether oxygens (including phenoxy) is 1. The van der Waals surface area contributed by atoms with Crippen LogP contribution in [0.15, 0.2) is 4.52 Å². The molecule has 5 rings (SSSR count). The Kier molecular flexibility index (Phi) is 4.13. The van der Waals surface area contributed by atoms with Crippen molar-refractivity contribution in [1.82, 2.24) is 15.4 Å². The molecular weight excluding hydrogens is 342 g/mol. The van der Waals surface area contributed by atoms with Gasteiger partial charge in [-0.25, -0.2) is 0 Å². The molecule has 4 aliphatic rings. The number of hydrogen-bond acceptors (Lipinski definition) is 5. The molecular formula is C21H31N3O3. The van der Waals surface area contributed by atoms with E-state index in [0.717, 1.165) is 62.5 Å². The second-order valence-electron chi connectivity index (χ2n) is 10.0. The first kappa shape index (κ1) is 17.7.